The van der Waals surface area contributed by atoms with Crippen LogP contribution < -0.4 is 4.72 Å². The Hall–Kier alpha value is -0.640. The maximum Gasteiger partial charge on any atom is 0.402 e. The quantitative estimate of drug-likeness (QED) is 0.628. The lowest BCUT2D eigenvalue weighted by Crippen LogP contribution is -2.45. The number of nitrogens with zero attached hydrogens (tertiary/aromatic N) is 1. The van der Waals surface area contributed by atoms with Crippen molar-refractivity contribution in [1.29, 1.82) is 0 Å². The molecule has 0 aliphatic rings. The second-order valence-corrected chi connectivity index (χ2v) is 4.57. The van der Waals surface area contributed by atoms with E-state index in [0.717, 1.165) is 0 Å². The van der Waals surface area contributed by atoms with E-state index >= 15 is 0 Å². The highest BCUT2D eigenvalue weighted by molar-refractivity contribution is 7.87. The van der Waals surface area contributed by atoms with Crippen molar-refractivity contribution in [2.75, 3.05) is 26.2 Å². The third-order valence-electron chi connectivity index (χ3n) is 1.48. The summed E-state index contributed by atoms with van der Waals surface area (Å²) < 4.78 is 60.1. The monoisotopic (exact) mass is 262 g/mol. The van der Waals surface area contributed by atoms with Crippen LogP contribution in [0.25, 0.3) is 0 Å². The van der Waals surface area contributed by atoms with Crippen molar-refractivity contribution in [3.05, 3.63) is 12.7 Å². The van der Waals surface area contributed by atoms with E-state index in [4.69, 9.17) is 5.11 Å². The first kappa shape index (κ1) is 15.4. The van der Waals surface area contributed by atoms with Crippen LogP contribution in [0.2, 0.25) is 0 Å². The molecule has 0 aromatic heterocycles. The zero-order valence-corrected chi connectivity index (χ0v) is 9.18. The van der Waals surface area contributed by atoms with Gasteiger partial charge in [-0.05, 0) is 0 Å². The highest BCUT2D eigenvalue weighted by Crippen LogP contribution is 2.13. The predicted octanol–water partition coefficient (Wildman–Crippen LogP) is -0.137. The van der Waals surface area contributed by atoms with Crippen molar-refractivity contribution in [3.63, 3.8) is 0 Å². The van der Waals surface area contributed by atoms with Crippen LogP contribution >= 0.6 is 0 Å². The lowest BCUT2D eigenvalue weighted by molar-refractivity contribution is -0.121. The SMILES string of the molecule is C=CCN(CCO)S(=O)(=O)NCC(F)(F)F. The van der Waals surface area contributed by atoms with Crippen LogP contribution in [0.1, 0.15) is 0 Å². The molecule has 0 unspecified atom stereocenters. The molecule has 0 saturated carbocycles. The standard InChI is InChI=1S/C7H13F3N2O3S/c1-2-3-12(4-5-13)16(14,15)11-6-7(8,9)10/h2,11,13H,1,3-6H2. The molecule has 0 heterocycles. The molecule has 96 valence electrons. The molecule has 5 nitrogen and oxygen atoms in total. The molecule has 0 bridgehead atoms. The molecule has 0 fully saturated rings. The van der Waals surface area contributed by atoms with E-state index in [1.807, 2.05) is 0 Å². The van der Waals surface area contributed by atoms with Gasteiger partial charge in [0.2, 0.25) is 0 Å². The minimum Gasteiger partial charge on any atom is -0.395 e. The molecule has 2 N–H and O–H groups in total. The average Bonchev–Trinajstić information content (AvgIpc) is 2.14. The summed E-state index contributed by atoms with van der Waals surface area (Å²) in [6, 6.07) is 0. The Bertz CT molecular complexity index is 315. The average molecular weight is 262 g/mol. The Morgan fingerprint density at radius 2 is 2.00 bits per heavy atom. The highest BCUT2D eigenvalue weighted by atomic mass is 32.2. The van der Waals surface area contributed by atoms with Gasteiger partial charge in [0.1, 0.15) is 6.54 Å². The number of aliphatic hydroxyl groups excluding tert-OH is 1. The van der Waals surface area contributed by atoms with Gasteiger partial charge >= 0.3 is 6.18 Å². The van der Waals surface area contributed by atoms with E-state index in [0.29, 0.717) is 4.31 Å². The number of hydrogen-bond acceptors (Lipinski definition) is 3. The van der Waals surface area contributed by atoms with Crippen LogP contribution in [0.5, 0.6) is 0 Å². The molecule has 0 aromatic rings. The van der Waals surface area contributed by atoms with Gasteiger partial charge in [0.15, 0.2) is 0 Å². The van der Waals surface area contributed by atoms with Crippen LogP contribution in [-0.2, 0) is 10.2 Å². The van der Waals surface area contributed by atoms with Crippen molar-refractivity contribution in [3.8, 4) is 0 Å². The lowest BCUT2D eigenvalue weighted by Gasteiger charge is -2.20. The van der Waals surface area contributed by atoms with Crippen molar-refractivity contribution in [1.82, 2.24) is 9.03 Å². The molecule has 0 spiro atoms. The number of halogens is 3. The fourth-order valence-electron chi connectivity index (χ4n) is 0.829. The van der Waals surface area contributed by atoms with E-state index in [1.165, 1.54) is 10.8 Å². The summed E-state index contributed by atoms with van der Waals surface area (Å²) in [6.45, 7) is 0.672. The van der Waals surface area contributed by atoms with Gasteiger partial charge in [-0.25, -0.2) is 0 Å². The first-order valence-corrected chi connectivity index (χ1v) is 5.70. The molecule has 0 amide bonds. The summed E-state index contributed by atoms with van der Waals surface area (Å²) in [4.78, 5) is 0. The molecule has 0 aliphatic heterocycles. The topological polar surface area (TPSA) is 69.6 Å². The van der Waals surface area contributed by atoms with Gasteiger partial charge in [-0.3, -0.25) is 0 Å². The van der Waals surface area contributed by atoms with Crippen LogP contribution in [0.15, 0.2) is 12.7 Å². The third-order valence-corrected chi connectivity index (χ3v) is 3.00. The first-order chi connectivity index (χ1) is 7.23. The molecule has 0 rings (SSSR count). The molecule has 0 atom stereocenters. The molecule has 0 aliphatic carbocycles. The van der Waals surface area contributed by atoms with Crippen molar-refractivity contribution < 1.29 is 26.7 Å². The van der Waals surface area contributed by atoms with Gasteiger partial charge in [-0.1, -0.05) is 6.08 Å². The number of hydrogen-bond donors (Lipinski definition) is 2. The zero-order chi connectivity index (χ0) is 12.8. The van der Waals surface area contributed by atoms with E-state index in [9.17, 15) is 21.6 Å². The smallest absolute Gasteiger partial charge is 0.395 e. The molecule has 9 heteroatoms. The second kappa shape index (κ2) is 6.18. The van der Waals surface area contributed by atoms with Crippen LogP contribution in [0, 0.1) is 0 Å². The summed E-state index contributed by atoms with van der Waals surface area (Å²) in [6.07, 6.45) is -3.41. The van der Waals surface area contributed by atoms with Crippen molar-refractivity contribution in [2.45, 2.75) is 6.18 Å². The second-order valence-electron chi connectivity index (χ2n) is 2.81. The fourth-order valence-corrected chi connectivity index (χ4v) is 1.98. The van der Waals surface area contributed by atoms with Crippen molar-refractivity contribution in [2.24, 2.45) is 0 Å². The summed E-state index contributed by atoms with van der Waals surface area (Å²) in [5.74, 6) is 0. The highest BCUT2D eigenvalue weighted by Gasteiger charge is 2.31. The van der Waals surface area contributed by atoms with Gasteiger partial charge in [-0.15, -0.1) is 6.58 Å². The maximum absolute atomic E-state index is 11.8. The number of rotatable bonds is 7. The van der Waals surface area contributed by atoms with Crippen LogP contribution in [0.3, 0.4) is 0 Å². The Morgan fingerprint density at radius 1 is 1.44 bits per heavy atom. The van der Waals surface area contributed by atoms with E-state index in [-0.39, 0.29) is 13.1 Å². The Labute approximate surface area is 91.7 Å². The Kier molecular flexibility index (Phi) is 5.94. The minimum atomic E-state index is -4.62. The molecule has 16 heavy (non-hydrogen) atoms. The van der Waals surface area contributed by atoms with E-state index in [1.54, 1.807) is 0 Å². The van der Waals surface area contributed by atoms with E-state index < -0.39 is 29.5 Å². The summed E-state index contributed by atoms with van der Waals surface area (Å²) in [5, 5.41) is 8.56. The fraction of sp³-hybridized carbons (Fsp3) is 0.714. The summed E-state index contributed by atoms with van der Waals surface area (Å²) in [5.41, 5.74) is 0. The summed E-state index contributed by atoms with van der Waals surface area (Å²) >= 11 is 0. The van der Waals surface area contributed by atoms with Crippen LogP contribution in [-0.4, -0.2) is 50.2 Å². The molecule has 0 aromatic carbocycles. The lowest BCUT2D eigenvalue weighted by atomic mass is 10.6. The summed E-state index contributed by atoms with van der Waals surface area (Å²) in [7, 11) is -4.25. The van der Waals surface area contributed by atoms with Crippen molar-refractivity contribution >= 4 is 10.2 Å². The molecule has 0 saturated heterocycles. The third kappa shape index (κ3) is 6.05. The van der Waals surface area contributed by atoms with E-state index in [2.05, 4.69) is 6.58 Å². The minimum absolute atomic E-state index is 0.173. The Balaban J connectivity index is 4.53. The Morgan fingerprint density at radius 3 is 2.38 bits per heavy atom. The molecular formula is C7H13F3N2O3S. The number of nitrogens with one attached hydrogen (secondary N) is 1. The number of aliphatic hydroxyl groups is 1. The predicted molar refractivity (Wildman–Crippen MR) is 51.8 cm³/mol. The molecule has 0 radical (unpaired) electrons. The first-order valence-electron chi connectivity index (χ1n) is 4.26. The zero-order valence-electron chi connectivity index (χ0n) is 8.37. The normalized spacial score (nSPS) is 13.1. The largest absolute Gasteiger partial charge is 0.402 e. The van der Waals surface area contributed by atoms with Gasteiger partial charge in [-0.2, -0.15) is 30.6 Å². The van der Waals surface area contributed by atoms with Gasteiger partial charge < -0.3 is 5.11 Å². The maximum atomic E-state index is 11.8. The van der Waals surface area contributed by atoms with Gasteiger partial charge in [0.05, 0.1) is 6.61 Å². The van der Waals surface area contributed by atoms with Crippen LogP contribution in [0.4, 0.5) is 13.2 Å². The number of alkyl halides is 3. The molecular weight excluding hydrogens is 249 g/mol. The van der Waals surface area contributed by atoms with Gasteiger partial charge in [0, 0.05) is 13.1 Å². The van der Waals surface area contributed by atoms with Gasteiger partial charge in [0.25, 0.3) is 10.2 Å².